The van der Waals surface area contributed by atoms with Crippen LogP contribution in [0.15, 0.2) is 38.3 Å². The van der Waals surface area contributed by atoms with E-state index in [-0.39, 0.29) is 0 Å². The standard InChI is InChI=1S/C14H18BrN5O/c1-10-18-13(21-19-10)8-17-14(16-2)20(3)9-11-6-4-5-7-12(11)15/h4-7H,8-9H2,1-3H3,(H,16,17). The van der Waals surface area contributed by atoms with Gasteiger partial charge in [-0.1, -0.05) is 39.3 Å². The second-order valence-corrected chi connectivity index (χ2v) is 5.44. The second-order valence-electron chi connectivity index (χ2n) is 4.58. The molecule has 7 heteroatoms. The highest BCUT2D eigenvalue weighted by Crippen LogP contribution is 2.17. The van der Waals surface area contributed by atoms with Crippen LogP contribution in [0.3, 0.4) is 0 Å². The first kappa shape index (κ1) is 15.5. The van der Waals surface area contributed by atoms with E-state index in [4.69, 9.17) is 4.52 Å². The van der Waals surface area contributed by atoms with Crippen LogP contribution in [0.1, 0.15) is 17.3 Å². The fourth-order valence-electron chi connectivity index (χ4n) is 1.91. The minimum Gasteiger partial charge on any atom is -0.347 e. The van der Waals surface area contributed by atoms with Crippen molar-refractivity contribution in [2.24, 2.45) is 4.99 Å². The zero-order chi connectivity index (χ0) is 15.2. The Balaban J connectivity index is 1.96. The molecule has 1 aromatic heterocycles. The number of nitrogens with one attached hydrogen (secondary N) is 1. The largest absolute Gasteiger partial charge is 0.347 e. The summed E-state index contributed by atoms with van der Waals surface area (Å²) in [6, 6.07) is 8.12. The molecule has 0 aliphatic rings. The van der Waals surface area contributed by atoms with Crippen LogP contribution in [-0.2, 0) is 13.1 Å². The van der Waals surface area contributed by atoms with Crippen molar-refractivity contribution in [1.29, 1.82) is 0 Å². The molecular weight excluding hydrogens is 334 g/mol. The maximum absolute atomic E-state index is 5.07. The van der Waals surface area contributed by atoms with Gasteiger partial charge in [-0.05, 0) is 18.6 Å². The Morgan fingerprint density at radius 1 is 1.43 bits per heavy atom. The summed E-state index contributed by atoms with van der Waals surface area (Å²) in [5.41, 5.74) is 1.19. The number of hydrogen-bond acceptors (Lipinski definition) is 4. The lowest BCUT2D eigenvalue weighted by Gasteiger charge is -2.22. The number of benzene rings is 1. The van der Waals surface area contributed by atoms with E-state index in [1.165, 1.54) is 5.56 Å². The summed E-state index contributed by atoms with van der Waals surface area (Å²) in [5.74, 6) is 1.94. The second kappa shape index (κ2) is 7.21. The third-order valence-electron chi connectivity index (χ3n) is 2.91. The molecule has 112 valence electrons. The Hall–Kier alpha value is -1.89. The van der Waals surface area contributed by atoms with E-state index in [0.717, 1.165) is 17.0 Å². The van der Waals surface area contributed by atoms with E-state index in [0.29, 0.717) is 18.3 Å². The topological polar surface area (TPSA) is 66.5 Å². The number of guanidine groups is 1. The van der Waals surface area contributed by atoms with Gasteiger partial charge in [-0.2, -0.15) is 4.98 Å². The Labute approximate surface area is 132 Å². The molecule has 6 nitrogen and oxygen atoms in total. The first-order chi connectivity index (χ1) is 10.1. The van der Waals surface area contributed by atoms with Gasteiger partial charge in [-0.15, -0.1) is 0 Å². The smallest absolute Gasteiger partial charge is 0.246 e. The molecule has 21 heavy (non-hydrogen) atoms. The average Bonchev–Trinajstić information content (AvgIpc) is 2.88. The predicted octanol–water partition coefficient (Wildman–Crippen LogP) is 2.35. The van der Waals surface area contributed by atoms with Gasteiger partial charge in [0.05, 0.1) is 6.54 Å². The van der Waals surface area contributed by atoms with Crippen molar-refractivity contribution >= 4 is 21.9 Å². The van der Waals surface area contributed by atoms with Crippen molar-refractivity contribution in [3.05, 3.63) is 46.0 Å². The summed E-state index contributed by atoms with van der Waals surface area (Å²) >= 11 is 3.55. The summed E-state index contributed by atoms with van der Waals surface area (Å²) in [4.78, 5) is 10.4. The Bertz CT molecular complexity index is 625. The SMILES string of the molecule is CN=C(NCc1nc(C)no1)N(C)Cc1ccccc1Br. The van der Waals surface area contributed by atoms with Gasteiger partial charge in [0.2, 0.25) is 5.89 Å². The normalized spacial score (nSPS) is 11.5. The molecule has 0 fully saturated rings. The van der Waals surface area contributed by atoms with Gasteiger partial charge in [-0.25, -0.2) is 0 Å². The Kier molecular flexibility index (Phi) is 5.32. The van der Waals surface area contributed by atoms with Gasteiger partial charge < -0.3 is 14.7 Å². The van der Waals surface area contributed by atoms with Crippen LogP contribution >= 0.6 is 15.9 Å². The number of nitrogens with zero attached hydrogens (tertiary/aromatic N) is 4. The van der Waals surface area contributed by atoms with Crippen LogP contribution in [0.25, 0.3) is 0 Å². The maximum Gasteiger partial charge on any atom is 0.246 e. The first-order valence-electron chi connectivity index (χ1n) is 6.54. The fourth-order valence-corrected chi connectivity index (χ4v) is 2.32. The summed E-state index contributed by atoms with van der Waals surface area (Å²) < 4.78 is 6.15. The zero-order valence-corrected chi connectivity index (χ0v) is 13.9. The molecule has 0 radical (unpaired) electrons. The van der Waals surface area contributed by atoms with Gasteiger partial charge in [-0.3, -0.25) is 4.99 Å². The summed E-state index contributed by atoms with van der Waals surface area (Å²) in [5, 5.41) is 6.96. The lowest BCUT2D eigenvalue weighted by atomic mass is 10.2. The zero-order valence-electron chi connectivity index (χ0n) is 12.3. The number of halogens is 1. The third kappa shape index (κ3) is 4.29. The van der Waals surface area contributed by atoms with Crippen LogP contribution in [-0.4, -0.2) is 35.1 Å². The van der Waals surface area contributed by atoms with E-state index in [9.17, 15) is 0 Å². The van der Waals surface area contributed by atoms with Crippen LogP contribution < -0.4 is 5.32 Å². The highest BCUT2D eigenvalue weighted by atomic mass is 79.9. The predicted molar refractivity (Wildman–Crippen MR) is 84.8 cm³/mol. The van der Waals surface area contributed by atoms with Crippen molar-refractivity contribution < 1.29 is 4.52 Å². The number of hydrogen-bond donors (Lipinski definition) is 1. The molecule has 0 aliphatic carbocycles. The van der Waals surface area contributed by atoms with Crippen molar-refractivity contribution in [2.75, 3.05) is 14.1 Å². The average molecular weight is 352 g/mol. The van der Waals surface area contributed by atoms with E-state index in [2.05, 4.69) is 42.4 Å². The summed E-state index contributed by atoms with van der Waals surface area (Å²) in [6.45, 7) is 2.98. The van der Waals surface area contributed by atoms with Crippen molar-refractivity contribution in [2.45, 2.75) is 20.0 Å². The number of aromatic nitrogens is 2. The minimum absolute atomic E-state index is 0.452. The summed E-state index contributed by atoms with van der Waals surface area (Å²) in [7, 11) is 3.73. The highest BCUT2D eigenvalue weighted by molar-refractivity contribution is 9.10. The molecular formula is C14H18BrN5O. The van der Waals surface area contributed by atoms with Crippen LogP contribution in [0.2, 0.25) is 0 Å². The lowest BCUT2D eigenvalue weighted by Crippen LogP contribution is -2.38. The number of aryl methyl sites for hydroxylation is 1. The van der Waals surface area contributed by atoms with Gasteiger partial charge in [0.1, 0.15) is 0 Å². The molecule has 0 bridgehead atoms. The third-order valence-corrected chi connectivity index (χ3v) is 3.68. The molecule has 2 aromatic rings. The monoisotopic (exact) mass is 351 g/mol. The molecule has 0 saturated heterocycles. The molecule has 0 unspecified atom stereocenters. The molecule has 1 N–H and O–H groups in total. The van der Waals surface area contributed by atoms with Crippen molar-refractivity contribution in [3.63, 3.8) is 0 Å². The molecule has 0 aliphatic heterocycles. The number of rotatable bonds is 4. The van der Waals surface area contributed by atoms with E-state index in [1.54, 1.807) is 14.0 Å². The van der Waals surface area contributed by atoms with Crippen LogP contribution in [0.4, 0.5) is 0 Å². The molecule has 1 heterocycles. The molecule has 0 spiro atoms. The van der Waals surface area contributed by atoms with Crippen LogP contribution in [0, 0.1) is 6.92 Å². The van der Waals surface area contributed by atoms with E-state index >= 15 is 0 Å². The number of aliphatic imine (C=N–C) groups is 1. The lowest BCUT2D eigenvalue weighted by molar-refractivity contribution is 0.368. The molecule has 0 amide bonds. The van der Waals surface area contributed by atoms with E-state index < -0.39 is 0 Å². The minimum atomic E-state index is 0.452. The van der Waals surface area contributed by atoms with Gasteiger partial charge in [0, 0.05) is 25.1 Å². The highest BCUT2D eigenvalue weighted by Gasteiger charge is 2.10. The van der Waals surface area contributed by atoms with Gasteiger partial charge in [0.25, 0.3) is 0 Å². The Morgan fingerprint density at radius 3 is 2.81 bits per heavy atom. The van der Waals surface area contributed by atoms with Gasteiger partial charge >= 0.3 is 0 Å². The Morgan fingerprint density at radius 2 is 2.19 bits per heavy atom. The first-order valence-corrected chi connectivity index (χ1v) is 7.34. The summed E-state index contributed by atoms with van der Waals surface area (Å²) in [6.07, 6.45) is 0. The fraction of sp³-hybridized carbons (Fsp3) is 0.357. The molecule has 2 rings (SSSR count). The quantitative estimate of drug-likeness (QED) is 0.676. The van der Waals surface area contributed by atoms with Crippen LogP contribution in [0.5, 0.6) is 0 Å². The maximum atomic E-state index is 5.07. The molecule has 0 atom stereocenters. The molecule has 0 saturated carbocycles. The van der Waals surface area contributed by atoms with Crippen molar-refractivity contribution in [3.8, 4) is 0 Å². The van der Waals surface area contributed by atoms with E-state index in [1.807, 2.05) is 30.1 Å². The van der Waals surface area contributed by atoms with Gasteiger partial charge in [0.15, 0.2) is 11.8 Å². The molecule has 1 aromatic carbocycles. The van der Waals surface area contributed by atoms with Crippen molar-refractivity contribution in [1.82, 2.24) is 20.4 Å².